The summed E-state index contributed by atoms with van der Waals surface area (Å²) in [6.07, 6.45) is 4.50. The Kier molecular flexibility index (Phi) is 3.35. The summed E-state index contributed by atoms with van der Waals surface area (Å²) in [5.41, 5.74) is 3.25. The number of likely N-dealkylation sites (N-methyl/N-ethyl adjacent to an activating group) is 1. The van der Waals surface area contributed by atoms with Crippen LogP contribution in [0.25, 0.3) is 0 Å². The molecule has 7 heteroatoms. The molecule has 2 aromatic heterocycles. The number of methoxy groups -OCH3 is 1. The van der Waals surface area contributed by atoms with Crippen molar-refractivity contribution in [3.8, 4) is 0 Å². The van der Waals surface area contributed by atoms with E-state index in [1.54, 1.807) is 13.4 Å². The lowest BCUT2D eigenvalue weighted by Gasteiger charge is -2.50. The Balaban J connectivity index is 1.62. The minimum absolute atomic E-state index is 0.302. The van der Waals surface area contributed by atoms with Gasteiger partial charge in [0.15, 0.2) is 0 Å². The molecule has 2 aliphatic rings. The van der Waals surface area contributed by atoms with E-state index in [0.29, 0.717) is 0 Å². The van der Waals surface area contributed by atoms with Crippen LogP contribution in [0.3, 0.4) is 0 Å². The number of ether oxygens (including phenoxy) is 1. The summed E-state index contributed by atoms with van der Waals surface area (Å²) < 4.78 is 7.75. The molecular weight excluding hydrogens is 292 g/mol. The second-order valence-electron chi connectivity index (χ2n) is 6.50. The normalized spacial score (nSPS) is 20.2. The predicted octanol–water partition coefficient (Wildman–Crippen LogP) is 0.560. The molecule has 0 saturated carbocycles. The molecule has 0 bridgehead atoms. The first-order valence-corrected chi connectivity index (χ1v) is 7.93. The van der Waals surface area contributed by atoms with Crippen LogP contribution < -0.4 is 4.90 Å². The number of aromatic nitrogens is 4. The lowest BCUT2D eigenvalue weighted by molar-refractivity contribution is -0.0449. The number of aryl methyl sites for hydroxylation is 1. The van der Waals surface area contributed by atoms with Crippen molar-refractivity contribution in [2.24, 2.45) is 7.05 Å². The van der Waals surface area contributed by atoms with Crippen LogP contribution in [0.2, 0.25) is 0 Å². The monoisotopic (exact) mass is 314 g/mol. The third kappa shape index (κ3) is 2.22. The van der Waals surface area contributed by atoms with Crippen molar-refractivity contribution in [3.63, 3.8) is 0 Å². The van der Waals surface area contributed by atoms with E-state index >= 15 is 0 Å². The molecule has 0 unspecified atom stereocenters. The molecule has 0 atom stereocenters. The van der Waals surface area contributed by atoms with Gasteiger partial charge in [-0.2, -0.15) is 5.10 Å². The second-order valence-corrected chi connectivity index (χ2v) is 6.50. The van der Waals surface area contributed by atoms with Gasteiger partial charge in [0.2, 0.25) is 0 Å². The summed E-state index contributed by atoms with van der Waals surface area (Å²) in [6.45, 7) is 3.54. The highest BCUT2D eigenvalue weighted by Gasteiger charge is 2.48. The van der Waals surface area contributed by atoms with E-state index in [-0.39, 0.29) is 5.60 Å². The number of nitrogens with zero attached hydrogens (tertiary/aromatic N) is 6. The zero-order valence-electron chi connectivity index (χ0n) is 13.9. The first kappa shape index (κ1) is 14.6. The Morgan fingerprint density at radius 3 is 2.74 bits per heavy atom. The fourth-order valence-corrected chi connectivity index (χ4v) is 3.67. The molecule has 2 aromatic rings. The molecule has 122 valence electrons. The van der Waals surface area contributed by atoms with Crippen LogP contribution in [0.4, 0.5) is 5.82 Å². The van der Waals surface area contributed by atoms with Gasteiger partial charge in [-0.3, -0.25) is 4.68 Å². The Hall–Kier alpha value is -1.99. The van der Waals surface area contributed by atoms with Gasteiger partial charge in [-0.25, -0.2) is 9.97 Å². The van der Waals surface area contributed by atoms with E-state index in [1.165, 1.54) is 11.3 Å². The minimum atomic E-state index is -0.302. The van der Waals surface area contributed by atoms with E-state index in [0.717, 1.165) is 44.1 Å². The molecule has 0 spiro atoms. The molecule has 4 heterocycles. The molecule has 0 amide bonds. The van der Waals surface area contributed by atoms with Crippen LogP contribution >= 0.6 is 0 Å². The van der Waals surface area contributed by atoms with E-state index in [2.05, 4.69) is 31.9 Å². The maximum absolute atomic E-state index is 5.86. The molecule has 0 aliphatic carbocycles. The Morgan fingerprint density at radius 1 is 1.22 bits per heavy atom. The smallest absolute Gasteiger partial charge is 0.144 e. The van der Waals surface area contributed by atoms with Gasteiger partial charge in [0.05, 0.1) is 24.5 Å². The van der Waals surface area contributed by atoms with Gasteiger partial charge < -0.3 is 14.5 Å². The third-order valence-electron chi connectivity index (χ3n) is 5.04. The Morgan fingerprint density at radius 2 is 2.04 bits per heavy atom. The van der Waals surface area contributed by atoms with Crippen molar-refractivity contribution < 1.29 is 4.74 Å². The Bertz CT molecular complexity index is 721. The molecule has 0 aromatic carbocycles. The van der Waals surface area contributed by atoms with Crippen molar-refractivity contribution >= 4 is 5.82 Å². The van der Waals surface area contributed by atoms with Gasteiger partial charge >= 0.3 is 0 Å². The molecule has 7 nitrogen and oxygen atoms in total. The molecule has 23 heavy (non-hydrogen) atoms. The van der Waals surface area contributed by atoms with E-state index in [1.807, 2.05) is 24.0 Å². The van der Waals surface area contributed by atoms with Gasteiger partial charge in [-0.05, 0) is 13.1 Å². The van der Waals surface area contributed by atoms with Crippen LogP contribution in [-0.2, 0) is 30.4 Å². The van der Waals surface area contributed by atoms with Crippen molar-refractivity contribution in [2.45, 2.75) is 18.6 Å². The van der Waals surface area contributed by atoms with Crippen LogP contribution in [0, 0.1) is 0 Å². The number of fused-ring (bicyclic) bond motifs is 1. The molecular formula is C16H22N6O. The van der Waals surface area contributed by atoms with Crippen molar-refractivity contribution in [3.05, 3.63) is 35.5 Å². The molecule has 1 saturated heterocycles. The van der Waals surface area contributed by atoms with E-state index in [9.17, 15) is 0 Å². The largest absolute Gasteiger partial charge is 0.368 e. The summed E-state index contributed by atoms with van der Waals surface area (Å²) >= 11 is 0. The molecule has 0 N–H and O–H groups in total. The molecule has 0 radical (unpaired) electrons. The second kappa shape index (κ2) is 5.28. The molecule has 2 aliphatic heterocycles. The van der Waals surface area contributed by atoms with Gasteiger partial charge in [-0.15, -0.1) is 0 Å². The van der Waals surface area contributed by atoms with Gasteiger partial charge in [0.1, 0.15) is 17.7 Å². The summed E-state index contributed by atoms with van der Waals surface area (Å²) in [7, 11) is 5.87. The summed E-state index contributed by atoms with van der Waals surface area (Å²) in [6, 6.07) is 2.03. The van der Waals surface area contributed by atoms with Crippen LogP contribution in [0.1, 0.15) is 17.0 Å². The average Bonchev–Trinajstić information content (AvgIpc) is 2.94. The minimum Gasteiger partial charge on any atom is -0.368 e. The van der Waals surface area contributed by atoms with Gasteiger partial charge in [0, 0.05) is 45.4 Å². The number of hydrogen-bond donors (Lipinski definition) is 0. The zero-order valence-corrected chi connectivity index (χ0v) is 13.9. The topological polar surface area (TPSA) is 59.3 Å². The predicted molar refractivity (Wildman–Crippen MR) is 86.2 cm³/mol. The summed E-state index contributed by atoms with van der Waals surface area (Å²) in [4.78, 5) is 13.6. The highest BCUT2D eigenvalue weighted by atomic mass is 16.5. The van der Waals surface area contributed by atoms with Gasteiger partial charge in [-0.1, -0.05) is 0 Å². The van der Waals surface area contributed by atoms with Crippen molar-refractivity contribution in [1.29, 1.82) is 0 Å². The quantitative estimate of drug-likeness (QED) is 0.825. The maximum atomic E-state index is 5.86. The van der Waals surface area contributed by atoms with Crippen molar-refractivity contribution in [2.75, 3.05) is 38.7 Å². The van der Waals surface area contributed by atoms with Crippen LogP contribution in [-0.4, -0.2) is 58.4 Å². The summed E-state index contributed by atoms with van der Waals surface area (Å²) in [5.74, 6) is 1.05. The standard InChI is InChI=1S/C16H22N6O/c1-20-7-5-13-12(8-20)15(18-11-17-13)22-9-16(10-22,23-3)14-4-6-19-21(14)2/h4,6,11H,5,7-10H2,1-3H3. The lowest BCUT2D eigenvalue weighted by atomic mass is 9.89. The van der Waals surface area contributed by atoms with Crippen LogP contribution in [0.5, 0.6) is 0 Å². The first-order chi connectivity index (χ1) is 11.1. The Labute approximate surface area is 135 Å². The fraction of sp³-hybridized carbons (Fsp3) is 0.562. The van der Waals surface area contributed by atoms with Crippen LogP contribution in [0.15, 0.2) is 18.6 Å². The van der Waals surface area contributed by atoms with Gasteiger partial charge in [0.25, 0.3) is 0 Å². The van der Waals surface area contributed by atoms with E-state index < -0.39 is 0 Å². The lowest BCUT2D eigenvalue weighted by Crippen LogP contribution is -2.62. The fourth-order valence-electron chi connectivity index (χ4n) is 3.67. The first-order valence-electron chi connectivity index (χ1n) is 7.93. The number of rotatable bonds is 3. The average molecular weight is 314 g/mol. The van der Waals surface area contributed by atoms with E-state index in [4.69, 9.17) is 4.74 Å². The zero-order chi connectivity index (χ0) is 16.0. The number of hydrogen-bond acceptors (Lipinski definition) is 6. The highest BCUT2D eigenvalue weighted by molar-refractivity contribution is 5.53. The summed E-state index contributed by atoms with van der Waals surface area (Å²) in [5, 5.41) is 4.28. The SMILES string of the molecule is COC1(c2ccnn2C)CN(c2ncnc3c2CN(C)CC3)C1. The molecule has 1 fully saturated rings. The van der Waals surface area contributed by atoms with Crippen molar-refractivity contribution in [1.82, 2.24) is 24.6 Å². The molecule has 4 rings (SSSR count). The third-order valence-corrected chi connectivity index (χ3v) is 5.04. The highest BCUT2D eigenvalue weighted by Crippen LogP contribution is 2.39. The number of anilines is 1. The maximum Gasteiger partial charge on any atom is 0.144 e.